The van der Waals surface area contributed by atoms with E-state index in [-0.39, 0.29) is 11.3 Å². The number of nitrogens with one attached hydrogen (secondary N) is 1. The van der Waals surface area contributed by atoms with Gasteiger partial charge in [0.2, 0.25) is 5.56 Å². The Bertz CT molecular complexity index is 611. The Morgan fingerprint density at radius 1 is 1.50 bits per heavy atom. The van der Waals surface area contributed by atoms with E-state index < -0.39 is 0 Å². The largest absolute Gasteiger partial charge is 0.508 e. The second kappa shape index (κ2) is 3.85. The van der Waals surface area contributed by atoms with Crippen LogP contribution in [-0.2, 0) is 6.42 Å². The van der Waals surface area contributed by atoms with E-state index in [4.69, 9.17) is 0 Å². The van der Waals surface area contributed by atoms with Gasteiger partial charge in [-0.3, -0.25) is 4.79 Å². The van der Waals surface area contributed by atoms with E-state index >= 15 is 0 Å². The van der Waals surface area contributed by atoms with Gasteiger partial charge in [0.25, 0.3) is 0 Å². The first-order valence-corrected chi connectivity index (χ1v) is 5.09. The number of aryl methyl sites for hydroxylation is 1. The number of allylic oxidation sites excluding steroid dienone is 1. The first-order chi connectivity index (χ1) is 7.63. The highest BCUT2D eigenvalue weighted by atomic mass is 16.3. The van der Waals surface area contributed by atoms with Crippen LogP contribution in [-0.4, -0.2) is 10.1 Å². The Balaban J connectivity index is 2.90. The van der Waals surface area contributed by atoms with Crippen molar-refractivity contribution in [2.24, 2.45) is 0 Å². The molecule has 3 heteroatoms. The summed E-state index contributed by atoms with van der Waals surface area (Å²) in [4.78, 5) is 14.2. The summed E-state index contributed by atoms with van der Waals surface area (Å²) < 4.78 is 0. The molecule has 0 atom stereocenters. The van der Waals surface area contributed by atoms with Gasteiger partial charge in [-0.05, 0) is 31.0 Å². The fourth-order valence-electron chi connectivity index (χ4n) is 1.89. The van der Waals surface area contributed by atoms with Crippen LogP contribution in [0.4, 0.5) is 0 Å². The van der Waals surface area contributed by atoms with Crippen LogP contribution in [0.2, 0.25) is 0 Å². The molecule has 0 unspecified atom stereocenters. The number of aromatic hydroxyl groups is 1. The summed E-state index contributed by atoms with van der Waals surface area (Å²) in [6.07, 6.45) is 2.23. The lowest BCUT2D eigenvalue weighted by Crippen LogP contribution is -2.06. The summed E-state index contributed by atoms with van der Waals surface area (Å²) >= 11 is 0. The van der Waals surface area contributed by atoms with Gasteiger partial charge in [-0.2, -0.15) is 0 Å². The number of rotatable bonds is 2. The SMILES string of the molecule is C=CCc1c(O)ccc2c(C)cc(=O)[nH]c12. The topological polar surface area (TPSA) is 53.1 Å². The van der Waals surface area contributed by atoms with Gasteiger partial charge in [-0.1, -0.05) is 6.08 Å². The van der Waals surface area contributed by atoms with Gasteiger partial charge < -0.3 is 10.1 Å². The smallest absolute Gasteiger partial charge is 0.248 e. The van der Waals surface area contributed by atoms with Crippen molar-refractivity contribution in [3.05, 3.63) is 52.3 Å². The number of pyridine rings is 1. The van der Waals surface area contributed by atoms with Gasteiger partial charge in [0.05, 0.1) is 5.52 Å². The standard InChI is InChI=1S/C13H13NO2/c1-3-4-10-11(15)6-5-9-8(2)7-12(16)14-13(9)10/h3,5-7,15H,1,4H2,2H3,(H,14,16). The summed E-state index contributed by atoms with van der Waals surface area (Å²) in [5, 5.41) is 10.7. The average Bonchev–Trinajstić information content (AvgIpc) is 2.22. The molecule has 2 N–H and O–H groups in total. The van der Waals surface area contributed by atoms with Crippen LogP contribution in [0.25, 0.3) is 10.9 Å². The summed E-state index contributed by atoms with van der Waals surface area (Å²) in [6, 6.07) is 5.01. The van der Waals surface area contributed by atoms with E-state index in [9.17, 15) is 9.90 Å². The number of fused-ring (bicyclic) bond motifs is 1. The fraction of sp³-hybridized carbons (Fsp3) is 0.154. The molecule has 0 spiro atoms. The van der Waals surface area contributed by atoms with Crippen LogP contribution in [0.3, 0.4) is 0 Å². The van der Waals surface area contributed by atoms with E-state index in [1.54, 1.807) is 18.2 Å². The zero-order valence-corrected chi connectivity index (χ0v) is 9.08. The maximum Gasteiger partial charge on any atom is 0.248 e. The quantitative estimate of drug-likeness (QED) is 0.755. The van der Waals surface area contributed by atoms with Crippen molar-refractivity contribution >= 4 is 10.9 Å². The van der Waals surface area contributed by atoms with Crippen LogP contribution in [0.1, 0.15) is 11.1 Å². The van der Waals surface area contributed by atoms with Crippen molar-refractivity contribution in [3.8, 4) is 5.75 Å². The van der Waals surface area contributed by atoms with Crippen LogP contribution in [0.15, 0.2) is 35.6 Å². The van der Waals surface area contributed by atoms with Crippen LogP contribution in [0.5, 0.6) is 5.75 Å². The molecular weight excluding hydrogens is 202 g/mol. The number of hydrogen-bond donors (Lipinski definition) is 2. The highest BCUT2D eigenvalue weighted by Gasteiger charge is 2.08. The monoisotopic (exact) mass is 215 g/mol. The normalized spacial score (nSPS) is 10.6. The van der Waals surface area contributed by atoms with Crippen molar-refractivity contribution in [1.82, 2.24) is 4.98 Å². The van der Waals surface area contributed by atoms with Gasteiger partial charge >= 0.3 is 0 Å². The molecule has 2 aromatic rings. The number of phenolic OH excluding ortho intramolecular Hbond substituents is 1. The number of aromatic amines is 1. The molecule has 0 radical (unpaired) electrons. The molecule has 2 rings (SSSR count). The van der Waals surface area contributed by atoms with Gasteiger partial charge in [-0.25, -0.2) is 0 Å². The van der Waals surface area contributed by atoms with E-state index in [2.05, 4.69) is 11.6 Å². The van der Waals surface area contributed by atoms with Crippen molar-refractivity contribution in [3.63, 3.8) is 0 Å². The molecule has 1 heterocycles. The maximum atomic E-state index is 11.4. The zero-order valence-electron chi connectivity index (χ0n) is 9.08. The number of benzene rings is 1. The highest BCUT2D eigenvalue weighted by molar-refractivity contribution is 5.86. The molecule has 0 aliphatic rings. The highest BCUT2D eigenvalue weighted by Crippen LogP contribution is 2.27. The Hall–Kier alpha value is -2.03. The number of aromatic nitrogens is 1. The molecular formula is C13H13NO2. The Morgan fingerprint density at radius 3 is 2.94 bits per heavy atom. The molecule has 0 bridgehead atoms. The maximum absolute atomic E-state index is 11.4. The third-order valence-corrected chi connectivity index (χ3v) is 2.66. The van der Waals surface area contributed by atoms with Gasteiger partial charge in [0.15, 0.2) is 0 Å². The molecule has 0 aliphatic heterocycles. The van der Waals surface area contributed by atoms with Crippen LogP contribution in [0, 0.1) is 6.92 Å². The Morgan fingerprint density at radius 2 is 2.25 bits per heavy atom. The minimum Gasteiger partial charge on any atom is -0.508 e. The van der Waals surface area contributed by atoms with Gasteiger partial charge in [0.1, 0.15) is 5.75 Å². The molecule has 0 fully saturated rings. The Labute approximate surface area is 93.1 Å². The summed E-state index contributed by atoms with van der Waals surface area (Å²) in [5.74, 6) is 0.189. The predicted molar refractivity (Wildman–Crippen MR) is 64.9 cm³/mol. The van der Waals surface area contributed by atoms with Crippen LogP contribution >= 0.6 is 0 Å². The van der Waals surface area contributed by atoms with Gasteiger partial charge in [-0.15, -0.1) is 6.58 Å². The van der Waals surface area contributed by atoms with E-state index in [0.29, 0.717) is 17.5 Å². The molecule has 1 aromatic heterocycles. The van der Waals surface area contributed by atoms with Crippen LogP contribution < -0.4 is 5.56 Å². The van der Waals surface area contributed by atoms with Crippen molar-refractivity contribution in [1.29, 1.82) is 0 Å². The molecule has 0 aliphatic carbocycles. The van der Waals surface area contributed by atoms with E-state index in [1.165, 1.54) is 0 Å². The molecule has 3 nitrogen and oxygen atoms in total. The zero-order chi connectivity index (χ0) is 11.7. The predicted octanol–water partition coefficient (Wildman–Crippen LogP) is 2.27. The summed E-state index contributed by atoms with van der Waals surface area (Å²) in [5.41, 5.74) is 2.17. The van der Waals surface area contributed by atoms with Gasteiger partial charge in [0, 0.05) is 17.0 Å². The third kappa shape index (κ3) is 1.60. The molecule has 1 aromatic carbocycles. The van der Waals surface area contributed by atoms with E-state index in [1.807, 2.05) is 13.0 Å². The molecule has 82 valence electrons. The first-order valence-electron chi connectivity index (χ1n) is 5.09. The third-order valence-electron chi connectivity index (χ3n) is 2.66. The second-order valence-electron chi connectivity index (χ2n) is 3.80. The molecule has 0 amide bonds. The fourth-order valence-corrected chi connectivity index (χ4v) is 1.89. The minimum atomic E-state index is -0.152. The summed E-state index contributed by atoms with van der Waals surface area (Å²) in [6.45, 7) is 5.53. The molecule has 16 heavy (non-hydrogen) atoms. The van der Waals surface area contributed by atoms with Crippen molar-refractivity contribution in [2.75, 3.05) is 0 Å². The molecule has 0 saturated heterocycles. The van der Waals surface area contributed by atoms with Crippen molar-refractivity contribution < 1.29 is 5.11 Å². The minimum absolute atomic E-state index is 0.152. The lowest BCUT2D eigenvalue weighted by Gasteiger charge is -2.08. The summed E-state index contributed by atoms with van der Waals surface area (Å²) in [7, 11) is 0. The van der Waals surface area contributed by atoms with E-state index in [0.717, 1.165) is 10.9 Å². The lowest BCUT2D eigenvalue weighted by atomic mass is 10.0. The lowest BCUT2D eigenvalue weighted by molar-refractivity contribution is 0.470. The number of phenols is 1. The number of hydrogen-bond acceptors (Lipinski definition) is 2. The number of H-pyrrole nitrogens is 1. The second-order valence-corrected chi connectivity index (χ2v) is 3.80. The first kappa shape index (κ1) is 10.5. The van der Waals surface area contributed by atoms with Crippen molar-refractivity contribution in [2.45, 2.75) is 13.3 Å². The Kier molecular flexibility index (Phi) is 2.52. The average molecular weight is 215 g/mol. The molecule has 0 saturated carbocycles.